The third kappa shape index (κ3) is 7.68. The summed E-state index contributed by atoms with van der Waals surface area (Å²) >= 11 is 0. The maximum atomic E-state index is 15.4. The number of halogens is 20. The largest absolute Gasteiger partial charge is 0.496 e. The van der Waals surface area contributed by atoms with Crippen molar-refractivity contribution >= 4 is 51.8 Å². The fraction of sp³-hybridized carbons (Fsp3) is 0.125. The number of Topliss-reactive ketones (excluding diaryl/α,β-unsaturated/α-hetero) is 1. The molecule has 0 aliphatic rings. The average molecular weight is 954 g/mol. The molecule has 0 N–H and O–H groups in total. The summed E-state index contributed by atoms with van der Waals surface area (Å²) in [5.74, 6) is -70.4. The molecule has 24 heteroatoms. The number of hydrogen-bond acceptors (Lipinski definition) is 2. The van der Waals surface area contributed by atoms with Crippen molar-refractivity contribution in [2.24, 2.45) is 0 Å². The van der Waals surface area contributed by atoms with E-state index in [-0.39, 0.29) is 5.78 Å². The highest BCUT2D eigenvalue weighted by atomic mass is 31.2. The highest BCUT2D eigenvalue weighted by molar-refractivity contribution is 7.74. The van der Waals surface area contributed by atoms with Crippen molar-refractivity contribution in [3.63, 3.8) is 0 Å². The van der Waals surface area contributed by atoms with Gasteiger partial charge in [0, 0.05) is 38.2 Å². The molecule has 0 aliphatic heterocycles. The molecule has 0 atom stereocenters. The maximum Gasteiger partial charge on any atom is 0.200 e. The van der Waals surface area contributed by atoms with E-state index < -0.39 is 152 Å². The van der Waals surface area contributed by atoms with Crippen LogP contribution in [0, 0.1) is 116 Å². The first-order valence-corrected chi connectivity index (χ1v) is 20.6. The van der Waals surface area contributed by atoms with Crippen molar-refractivity contribution < 1.29 is 97.3 Å². The van der Waals surface area contributed by atoms with Gasteiger partial charge in [0.05, 0.1) is 7.11 Å². The third-order valence-corrected chi connectivity index (χ3v) is 11.0. The third-order valence-electron chi connectivity index (χ3n) is 9.73. The standard InChI is InChI=1S/C24BF20.C16H20O2P/c26-5-1(6(27)14(35)21(42)13(5)34)25(2-7(28)15(36)22(43)16(37)8(2)29,3-9(30)17(38)23(44)18(39)10(3)31)4-11(32)19(40)24(45)20(41)12(4)33;1-18-16-10-9-13(15(17)11-19(2,3)4)12-7-5-6-8-14(12)16/h;5-10H,11H2,1-4H3/q-1;+1. The summed E-state index contributed by atoms with van der Waals surface area (Å²) in [5, 5.41) is 1.99. The van der Waals surface area contributed by atoms with Crippen molar-refractivity contribution in [1.29, 1.82) is 0 Å². The number of carbonyl (C=O) groups is 1. The van der Waals surface area contributed by atoms with Crippen LogP contribution in [0.4, 0.5) is 87.8 Å². The van der Waals surface area contributed by atoms with Gasteiger partial charge in [-0.3, -0.25) is 4.79 Å². The van der Waals surface area contributed by atoms with Crippen LogP contribution in [0.25, 0.3) is 10.8 Å². The first-order valence-electron chi connectivity index (χ1n) is 17.3. The summed E-state index contributed by atoms with van der Waals surface area (Å²) < 4.78 is 299. The zero-order valence-corrected chi connectivity index (χ0v) is 33.0. The molecule has 64 heavy (non-hydrogen) atoms. The molecule has 0 saturated carbocycles. The van der Waals surface area contributed by atoms with Gasteiger partial charge < -0.3 is 4.74 Å². The fourth-order valence-corrected chi connectivity index (χ4v) is 8.11. The highest BCUT2D eigenvalue weighted by Gasteiger charge is 2.52. The van der Waals surface area contributed by atoms with E-state index in [4.69, 9.17) is 4.74 Å². The minimum absolute atomic E-state index is 0.236. The predicted octanol–water partition coefficient (Wildman–Crippen LogP) is 9.78. The van der Waals surface area contributed by atoms with E-state index in [0.717, 1.165) is 22.1 Å². The monoisotopic (exact) mass is 954 g/mol. The van der Waals surface area contributed by atoms with Crippen LogP contribution in [0.3, 0.4) is 0 Å². The lowest BCUT2D eigenvalue weighted by atomic mass is 9.12. The summed E-state index contributed by atoms with van der Waals surface area (Å²) in [6.07, 6.45) is -6.56. The molecular weight excluding hydrogens is 934 g/mol. The fourth-order valence-electron chi connectivity index (χ4n) is 7.08. The summed E-state index contributed by atoms with van der Waals surface area (Å²) in [5.41, 5.74) is -13.5. The predicted molar refractivity (Wildman–Crippen MR) is 194 cm³/mol. The van der Waals surface area contributed by atoms with Gasteiger partial charge in [-0.15, -0.1) is 21.9 Å². The quantitative estimate of drug-likeness (QED) is 0.0380. The van der Waals surface area contributed by atoms with Gasteiger partial charge in [0.1, 0.15) is 64.6 Å². The number of methoxy groups -OCH3 is 1. The minimum Gasteiger partial charge on any atom is -0.496 e. The lowest BCUT2D eigenvalue weighted by molar-refractivity contribution is 0.102. The Morgan fingerprint density at radius 2 is 0.656 bits per heavy atom. The number of benzene rings is 6. The molecule has 6 aromatic rings. The smallest absolute Gasteiger partial charge is 0.200 e. The van der Waals surface area contributed by atoms with E-state index in [1.807, 2.05) is 36.4 Å². The van der Waals surface area contributed by atoms with Gasteiger partial charge in [-0.05, 0) is 17.5 Å². The van der Waals surface area contributed by atoms with Gasteiger partial charge in [-0.1, -0.05) is 24.3 Å². The van der Waals surface area contributed by atoms with Crippen molar-refractivity contribution in [1.82, 2.24) is 0 Å². The van der Waals surface area contributed by atoms with Gasteiger partial charge >= 0.3 is 0 Å². The van der Waals surface area contributed by atoms with Crippen LogP contribution in [-0.2, 0) is 0 Å². The molecule has 0 bridgehead atoms. The number of ketones is 1. The van der Waals surface area contributed by atoms with Gasteiger partial charge in [-0.2, -0.15) is 0 Å². The number of ether oxygens (including phenoxy) is 1. The van der Waals surface area contributed by atoms with Gasteiger partial charge in [0.25, 0.3) is 0 Å². The first-order chi connectivity index (χ1) is 29.6. The number of carbonyl (C=O) groups excluding carboxylic acids is 1. The Hall–Kier alpha value is -5.86. The molecular formula is C40H20BF20O2P. The second kappa shape index (κ2) is 17.6. The second-order valence-electron chi connectivity index (χ2n) is 14.5. The molecule has 0 radical (unpaired) electrons. The Bertz CT molecular complexity index is 2540. The molecule has 0 saturated heterocycles. The second-order valence-corrected chi connectivity index (χ2v) is 19.4. The lowest BCUT2D eigenvalue weighted by Crippen LogP contribution is -2.81. The maximum absolute atomic E-state index is 15.4. The Kier molecular flexibility index (Phi) is 13.5. The summed E-state index contributed by atoms with van der Waals surface area (Å²) in [6, 6.07) is 11.7. The Balaban J connectivity index is 0.000000337. The average Bonchev–Trinajstić information content (AvgIpc) is 3.25. The van der Waals surface area contributed by atoms with Crippen molar-refractivity contribution in [2.45, 2.75) is 0 Å². The highest BCUT2D eigenvalue weighted by Crippen LogP contribution is 2.47. The molecule has 2 nitrogen and oxygen atoms in total. The van der Waals surface area contributed by atoms with Crippen LogP contribution in [0.15, 0.2) is 36.4 Å². The van der Waals surface area contributed by atoms with E-state index in [2.05, 4.69) is 20.0 Å². The Morgan fingerprint density at radius 1 is 0.406 bits per heavy atom. The zero-order chi connectivity index (χ0) is 48.4. The van der Waals surface area contributed by atoms with Crippen LogP contribution in [0.1, 0.15) is 10.4 Å². The van der Waals surface area contributed by atoms with E-state index in [9.17, 15) is 57.5 Å². The van der Waals surface area contributed by atoms with Crippen molar-refractivity contribution in [3.8, 4) is 5.75 Å². The summed E-state index contributed by atoms with van der Waals surface area (Å²) in [6.45, 7) is 6.57. The first kappa shape index (κ1) is 49.2. The van der Waals surface area contributed by atoms with Gasteiger partial charge in [0.15, 0.2) is 75.6 Å². The van der Waals surface area contributed by atoms with E-state index in [1.165, 1.54) is 0 Å². The van der Waals surface area contributed by atoms with Gasteiger partial charge in [0.2, 0.25) is 0 Å². The van der Waals surface area contributed by atoms with Crippen LogP contribution in [0.5, 0.6) is 5.75 Å². The molecule has 6 aromatic carbocycles. The molecule has 0 aromatic heterocycles. The normalized spacial score (nSPS) is 11.9. The molecule has 0 fully saturated rings. The van der Waals surface area contributed by atoms with E-state index in [1.54, 1.807) is 7.11 Å². The van der Waals surface area contributed by atoms with Crippen LogP contribution >= 0.6 is 7.26 Å². The van der Waals surface area contributed by atoms with Crippen LogP contribution < -0.4 is 26.6 Å². The molecule has 0 heterocycles. The number of hydrogen-bond donors (Lipinski definition) is 0. The van der Waals surface area contributed by atoms with Crippen molar-refractivity contribution in [3.05, 3.63) is 158 Å². The van der Waals surface area contributed by atoms with E-state index >= 15 is 35.1 Å². The molecule has 340 valence electrons. The number of fused-ring (bicyclic) bond motifs is 1. The van der Waals surface area contributed by atoms with Crippen LogP contribution in [-0.4, -0.2) is 45.2 Å². The Morgan fingerprint density at radius 3 is 0.906 bits per heavy atom. The topological polar surface area (TPSA) is 26.3 Å². The Labute approximate surface area is 346 Å². The summed E-state index contributed by atoms with van der Waals surface area (Å²) in [4.78, 5) is 12.5. The molecule has 0 aliphatic carbocycles. The molecule has 0 unspecified atom stereocenters. The minimum atomic E-state index is -7.22. The molecule has 0 amide bonds. The molecule has 6 rings (SSSR count). The van der Waals surface area contributed by atoms with E-state index in [0.29, 0.717) is 6.16 Å². The number of rotatable bonds is 8. The van der Waals surface area contributed by atoms with Crippen molar-refractivity contribution in [2.75, 3.05) is 33.3 Å². The lowest BCUT2D eigenvalue weighted by Gasteiger charge is -2.44. The SMILES string of the molecule is COc1ccc(C(=O)C[P+](C)(C)C)c2ccccc12.Fc1c(F)c(F)c([B-](c2c(F)c(F)c(F)c(F)c2F)(c2c(F)c(F)c(F)c(F)c2F)c2c(F)c(F)c(F)c(F)c2F)c(F)c1F. The van der Waals surface area contributed by atoms with Crippen LogP contribution in [0.2, 0.25) is 0 Å². The summed E-state index contributed by atoms with van der Waals surface area (Å²) in [7, 11) is 0.542. The zero-order valence-electron chi connectivity index (χ0n) is 32.1. The molecule has 0 spiro atoms. The van der Waals surface area contributed by atoms with Gasteiger partial charge in [-0.25, -0.2) is 87.8 Å².